The standard InChI is InChI=1S/C24H23N5O2/c1-16-7-6-10-18(13-16)24(30)29-12-11-20-19(15-29)22(26-28(20)2)23-25-21(27-31-23)14-17-8-4-3-5-9-17/h3-10,13H,11-12,14-15H2,1-2H3. The normalized spacial score (nSPS) is 13.3. The maximum atomic E-state index is 13.1. The van der Waals surface area contributed by atoms with Crippen molar-refractivity contribution in [1.82, 2.24) is 24.8 Å². The van der Waals surface area contributed by atoms with Crippen LogP contribution in [0.4, 0.5) is 0 Å². The van der Waals surface area contributed by atoms with Crippen molar-refractivity contribution in [3.63, 3.8) is 0 Å². The monoisotopic (exact) mass is 413 g/mol. The summed E-state index contributed by atoms with van der Waals surface area (Å²) in [6.07, 6.45) is 1.33. The van der Waals surface area contributed by atoms with Crippen molar-refractivity contribution in [1.29, 1.82) is 0 Å². The molecule has 0 atom stereocenters. The zero-order valence-electron chi connectivity index (χ0n) is 17.6. The van der Waals surface area contributed by atoms with Crippen molar-refractivity contribution in [3.8, 4) is 11.6 Å². The first-order valence-electron chi connectivity index (χ1n) is 10.4. The highest BCUT2D eigenvalue weighted by Crippen LogP contribution is 2.29. The molecular weight excluding hydrogens is 390 g/mol. The summed E-state index contributed by atoms with van der Waals surface area (Å²) in [4.78, 5) is 19.5. The van der Waals surface area contributed by atoms with E-state index in [2.05, 4.69) is 15.2 Å². The van der Waals surface area contributed by atoms with Crippen LogP contribution in [0.25, 0.3) is 11.6 Å². The minimum absolute atomic E-state index is 0.0273. The maximum absolute atomic E-state index is 13.1. The smallest absolute Gasteiger partial charge is 0.278 e. The largest absolute Gasteiger partial charge is 0.334 e. The molecule has 31 heavy (non-hydrogen) atoms. The van der Waals surface area contributed by atoms with Gasteiger partial charge in [0.05, 0.1) is 6.54 Å². The highest BCUT2D eigenvalue weighted by molar-refractivity contribution is 5.94. The first-order valence-corrected chi connectivity index (χ1v) is 10.4. The molecule has 0 aliphatic carbocycles. The van der Waals surface area contributed by atoms with Gasteiger partial charge in [0.15, 0.2) is 11.5 Å². The molecule has 2 aromatic carbocycles. The van der Waals surface area contributed by atoms with Gasteiger partial charge < -0.3 is 9.42 Å². The Labute approximate surface area is 180 Å². The number of nitrogens with zero attached hydrogens (tertiary/aromatic N) is 5. The Morgan fingerprint density at radius 3 is 2.77 bits per heavy atom. The average Bonchev–Trinajstić information content (AvgIpc) is 3.38. The number of hydrogen-bond donors (Lipinski definition) is 0. The lowest BCUT2D eigenvalue weighted by atomic mass is 10.0. The number of rotatable bonds is 4. The molecule has 5 rings (SSSR count). The van der Waals surface area contributed by atoms with Crippen LogP contribution in [0, 0.1) is 6.92 Å². The van der Waals surface area contributed by atoms with Crippen molar-refractivity contribution in [3.05, 3.63) is 88.4 Å². The van der Waals surface area contributed by atoms with Gasteiger partial charge in [0.1, 0.15) is 0 Å². The number of benzene rings is 2. The van der Waals surface area contributed by atoms with E-state index in [9.17, 15) is 4.79 Å². The number of aromatic nitrogens is 4. The predicted octanol–water partition coefficient (Wildman–Crippen LogP) is 3.57. The van der Waals surface area contributed by atoms with E-state index in [0.717, 1.165) is 28.8 Å². The maximum Gasteiger partial charge on any atom is 0.278 e. The molecule has 4 aromatic rings. The number of amides is 1. The van der Waals surface area contributed by atoms with Gasteiger partial charge in [-0.15, -0.1) is 0 Å². The Kier molecular flexibility index (Phi) is 4.86. The lowest BCUT2D eigenvalue weighted by molar-refractivity contribution is 0.0733. The van der Waals surface area contributed by atoms with Crippen LogP contribution in [0.2, 0.25) is 0 Å². The summed E-state index contributed by atoms with van der Waals surface area (Å²) < 4.78 is 7.42. The molecule has 1 amide bonds. The molecule has 0 bridgehead atoms. The molecule has 7 heteroatoms. The van der Waals surface area contributed by atoms with E-state index in [1.165, 1.54) is 0 Å². The second-order valence-corrected chi connectivity index (χ2v) is 7.92. The van der Waals surface area contributed by atoms with Crippen molar-refractivity contribution < 1.29 is 9.32 Å². The van der Waals surface area contributed by atoms with Gasteiger partial charge in [0.2, 0.25) is 0 Å². The molecule has 3 heterocycles. The predicted molar refractivity (Wildman–Crippen MR) is 115 cm³/mol. The summed E-state index contributed by atoms with van der Waals surface area (Å²) in [6.45, 7) is 3.12. The molecule has 0 spiro atoms. The number of carbonyl (C=O) groups excluding carboxylic acids is 1. The van der Waals surface area contributed by atoms with Crippen LogP contribution < -0.4 is 0 Å². The minimum atomic E-state index is 0.0273. The van der Waals surface area contributed by atoms with Gasteiger partial charge in [-0.2, -0.15) is 10.1 Å². The van der Waals surface area contributed by atoms with E-state index in [4.69, 9.17) is 4.52 Å². The van der Waals surface area contributed by atoms with Crippen molar-refractivity contribution in [2.24, 2.45) is 7.05 Å². The van der Waals surface area contributed by atoms with Crippen molar-refractivity contribution >= 4 is 5.91 Å². The molecule has 1 aliphatic rings. The Morgan fingerprint density at radius 1 is 1.13 bits per heavy atom. The first-order chi connectivity index (χ1) is 15.1. The highest BCUT2D eigenvalue weighted by Gasteiger charge is 2.29. The lowest BCUT2D eigenvalue weighted by Gasteiger charge is -2.27. The Morgan fingerprint density at radius 2 is 1.97 bits per heavy atom. The zero-order chi connectivity index (χ0) is 21.4. The second-order valence-electron chi connectivity index (χ2n) is 7.92. The van der Waals surface area contributed by atoms with Crippen LogP contribution in [0.3, 0.4) is 0 Å². The summed E-state index contributed by atoms with van der Waals surface area (Å²) >= 11 is 0. The van der Waals surface area contributed by atoms with Gasteiger partial charge in [0.25, 0.3) is 11.8 Å². The number of carbonyl (C=O) groups is 1. The molecule has 156 valence electrons. The molecule has 0 saturated heterocycles. The van der Waals surface area contributed by atoms with E-state index in [1.807, 2.05) is 78.2 Å². The van der Waals surface area contributed by atoms with Crippen molar-refractivity contribution in [2.75, 3.05) is 6.54 Å². The highest BCUT2D eigenvalue weighted by atomic mass is 16.5. The Bertz CT molecular complexity index is 1240. The van der Waals surface area contributed by atoms with Crippen LogP contribution in [0.1, 0.15) is 38.6 Å². The van der Waals surface area contributed by atoms with Crippen LogP contribution in [0.15, 0.2) is 59.1 Å². The molecule has 0 unspecified atom stereocenters. The number of fused-ring (bicyclic) bond motifs is 1. The fourth-order valence-electron chi connectivity index (χ4n) is 4.10. The fourth-order valence-corrected chi connectivity index (χ4v) is 4.10. The molecule has 1 aliphatic heterocycles. The van der Waals surface area contributed by atoms with Crippen molar-refractivity contribution in [2.45, 2.75) is 26.3 Å². The van der Waals surface area contributed by atoms with Gasteiger partial charge in [-0.1, -0.05) is 53.2 Å². The van der Waals surface area contributed by atoms with Gasteiger partial charge in [-0.25, -0.2) is 0 Å². The quantitative estimate of drug-likeness (QED) is 0.511. The van der Waals surface area contributed by atoms with Crippen LogP contribution in [-0.2, 0) is 26.4 Å². The van der Waals surface area contributed by atoms with E-state index in [1.54, 1.807) is 0 Å². The molecule has 0 radical (unpaired) electrons. The molecule has 0 N–H and O–H groups in total. The summed E-state index contributed by atoms with van der Waals surface area (Å²) in [5, 5.41) is 8.79. The third-order valence-corrected chi connectivity index (χ3v) is 5.67. The van der Waals surface area contributed by atoms with E-state index < -0.39 is 0 Å². The summed E-state index contributed by atoms with van der Waals surface area (Å²) in [5.74, 6) is 1.04. The third-order valence-electron chi connectivity index (χ3n) is 5.67. The molecular formula is C24H23N5O2. The second kappa shape index (κ2) is 7.83. The Hall–Kier alpha value is -3.74. The van der Waals surface area contributed by atoms with Crippen LogP contribution >= 0.6 is 0 Å². The molecule has 0 fully saturated rings. The minimum Gasteiger partial charge on any atom is -0.334 e. The van der Waals surface area contributed by atoms with Crippen LogP contribution in [0.5, 0.6) is 0 Å². The van der Waals surface area contributed by atoms with E-state index >= 15 is 0 Å². The van der Waals surface area contributed by atoms with Gasteiger partial charge in [-0.05, 0) is 24.6 Å². The van der Waals surface area contributed by atoms with Gasteiger partial charge in [0, 0.05) is 43.3 Å². The summed E-state index contributed by atoms with van der Waals surface area (Å²) in [6, 6.07) is 17.7. The lowest BCUT2D eigenvalue weighted by Crippen LogP contribution is -2.36. The molecule has 0 saturated carbocycles. The first kappa shape index (κ1) is 19.2. The topological polar surface area (TPSA) is 77.1 Å². The van der Waals surface area contributed by atoms with E-state index in [-0.39, 0.29) is 5.91 Å². The van der Waals surface area contributed by atoms with Gasteiger partial charge >= 0.3 is 0 Å². The van der Waals surface area contributed by atoms with Crippen LogP contribution in [-0.4, -0.2) is 37.3 Å². The Balaban J connectivity index is 1.41. The van der Waals surface area contributed by atoms with Gasteiger partial charge in [-0.3, -0.25) is 9.48 Å². The third kappa shape index (κ3) is 3.74. The average molecular weight is 413 g/mol. The SMILES string of the molecule is Cc1cccc(C(=O)N2CCc3c(c(-c4nc(Cc5ccccc5)no4)nn3C)C2)c1. The fraction of sp³-hybridized carbons (Fsp3) is 0.250. The number of aryl methyl sites for hydroxylation is 2. The zero-order valence-corrected chi connectivity index (χ0v) is 17.6. The summed E-state index contributed by atoms with van der Waals surface area (Å²) in [5.41, 5.74) is 5.63. The molecule has 7 nitrogen and oxygen atoms in total. The summed E-state index contributed by atoms with van der Waals surface area (Å²) in [7, 11) is 1.92. The number of hydrogen-bond acceptors (Lipinski definition) is 5. The molecule has 2 aromatic heterocycles. The van der Waals surface area contributed by atoms with E-state index in [0.29, 0.717) is 42.5 Å².